The molecule has 2 unspecified atom stereocenters. The Morgan fingerprint density at radius 2 is 2.00 bits per heavy atom. The van der Waals surface area contributed by atoms with Crippen LogP contribution < -0.4 is 0 Å². The molecule has 1 aliphatic heterocycles. The van der Waals surface area contributed by atoms with E-state index >= 15 is 0 Å². The van der Waals surface area contributed by atoms with Crippen LogP contribution in [0.3, 0.4) is 0 Å². The van der Waals surface area contributed by atoms with Gasteiger partial charge in [0.05, 0.1) is 11.8 Å². The van der Waals surface area contributed by atoms with Gasteiger partial charge in [-0.2, -0.15) is 5.10 Å². The van der Waals surface area contributed by atoms with Crippen molar-refractivity contribution < 1.29 is 9.59 Å². The lowest BCUT2D eigenvalue weighted by Gasteiger charge is -2.20. The molecule has 1 aromatic rings. The Morgan fingerprint density at radius 1 is 1.33 bits per heavy atom. The Bertz CT molecular complexity index is 470. The Labute approximate surface area is 105 Å². The standard InChI is InChI=1S/C12H16N4O2/c1-12(2)8-9(12)11(18)16(10(8)17)5-3-4-7-13-6-14-15-7/h6,8-9H,3-5H2,1-2H3,(H,13,14,15). The fraction of sp³-hybridized carbons (Fsp3) is 0.667. The van der Waals surface area contributed by atoms with Crippen LogP contribution in [0.2, 0.25) is 0 Å². The topological polar surface area (TPSA) is 79.0 Å². The van der Waals surface area contributed by atoms with Gasteiger partial charge in [0.25, 0.3) is 0 Å². The lowest BCUT2D eigenvalue weighted by atomic mass is 10.1. The first kappa shape index (κ1) is 11.4. The van der Waals surface area contributed by atoms with Gasteiger partial charge >= 0.3 is 0 Å². The monoisotopic (exact) mass is 248 g/mol. The quantitative estimate of drug-likeness (QED) is 0.781. The van der Waals surface area contributed by atoms with Gasteiger partial charge in [0.15, 0.2) is 0 Å². The number of hydrogen-bond acceptors (Lipinski definition) is 4. The number of rotatable bonds is 4. The van der Waals surface area contributed by atoms with Crippen LogP contribution in [0.25, 0.3) is 0 Å². The van der Waals surface area contributed by atoms with Crippen molar-refractivity contribution in [2.45, 2.75) is 26.7 Å². The average Bonchev–Trinajstić information content (AvgIpc) is 2.71. The van der Waals surface area contributed by atoms with Crippen LogP contribution in [0.4, 0.5) is 0 Å². The minimum atomic E-state index is -0.115. The third kappa shape index (κ3) is 1.48. The number of aryl methyl sites for hydroxylation is 1. The summed E-state index contributed by atoms with van der Waals surface area (Å²) in [5.41, 5.74) is -0.115. The van der Waals surface area contributed by atoms with E-state index in [4.69, 9.17) is 0 Å². The molecule has 0 aromatic carbocycles. The van der Waals surface area contributed by atoms with E-state index < -0.39 is 0 Å². The van der Waals surface area contributed by atoms with E-state index in [1.54, 1.807) is 0 Å². The molecule has 96 valence electrons. The van der Waals surface area contributed by atoms with Crippen molar-refractivity contribution in [3.63, 3.8) is 0 Å². The zero-order valence-electron chi connectivity index (χ0n) is 10.5. The Balaban J connectivity index is 1.56. The lowest BCUT2D eigenvalue weighted by molar-refractivity contribution is -0.143. The molecule has 1 saturated heterocycles. The largest absolute Gasteiger partial charge is 0.282 e. The Kier molecular flexibility index (Phi) is 2.30. The molecular weight excluding hydrogens is 232 g/mol. The summed E-state index contributed by atoms with van der Waals surface area (Å²) in [4.78, 5) is 29.5. The highest BCUT2D eigenvalue weighted by molar-refractivity contribution is 6.10. The highest BCUT2D eigenvalue weighted by Gasteiger charge is 2.72. The molecule has 0 radical (unpaired) electrons. The summed E-state index contributed by atoms with van der Waals surface area (Å²) < 4.78 is 0. The first-order valence-corrected chi connectivity index (χ1v) is 6.23. The van der Waals surface area contributed by atoms with Gasteiger partial charge in [-0.25, -0.2) is 4.98 Å². The number of likely N-dealkylation sites (tertiary alicyclic amines) is 1. The van der Waals surface area contributed by atoms with E-state index in [9.17, 15) is 9.59 Å². The second-order valence-electron chi connectivity index (χ2n) is 5.64. The summed E-state index contributed by atoms with van der Waals surface area (Å²) in [7, 11) is 0. The van der Waals surface area contributed by atoms with Gasteiger partial charge in [0.2, 0.25) is 11.8 Å². The maximum atomic E-state index is 12.0. The highest BCUT2D eigenvalue weighted by Crippen LogP contribution is 2.63. The number of hydrogen-bond donors (Lipinski definition) is 1. The number of piperidine rings is 1. The van der Waals surface area contributed by atoms with Crippen molar-refractivity contribution in [2.24, 2.45) is 17.3 Å². The van der Waals surface area contributed by atoms with Crippen LogP contribution in [0.15, 0.2) is 6.33 Å². The number of amides is 2. The van der Waals surface area contributed by atoms with E-state index in [1.807, 2.05) is 13.8 Å². The molecule has 0 spiro atoms. The zero-order valence-corrected chi connectivity index (χ0v) is 10.5. The van der Waals surface area contributed by atoms with Crippen LogP contribution >= 0.6 is 0 Å². The predicted octanol–water partition coefficient (Wildman–Crippen LogP) is 0.378. The molecule has 1 N–H and O–H groups in total. The predicted molar refractivity (Wildman–Crippen MR) is 62.2 cm³/mol. The maximum absolute atomic E-state index is 12.0. The van der Waals surface area contributed by atoms with Crippen LogP contribution in [0, 0.1) is 17.3 Å². The van der Waals surface area contributed by atoms with Crippen LogP contribution in [0.1, 0.15) is 26.1 Å². The van der Waals surface area contributed by atoms with Crippen molar-refractivity contribution in [3.05, 3.63) is 12.2 Å². The normalized spacial score (nSPS) is 28.7. The van der Waals surface area contributed by atoms with E-state index in [0.29, 0.717) is 13.0 Å². The maximum Gasteiger partial charge on any atom is 0.233 e. The van der Waals surface area contributed by atoms with Gasteiger partial charge in [-0.3, -0.25) is 19.6 Å². The second-order valence-corrected chi connectivity index (χ2v) is 5.64. The molecule has 2 amide bonds. The minimum absolute atomic E-state index is 0.00701. The molecule has 0 bridgehead atoms. The summed E-state index contributed by atoms with van der Waals surface area (Å²) in [6.45, 7) is 4.47. The van der Waals surface area contributed by atoms with Gasteiger partial charge in [-0.05, 0) is 11.8 Å². The second kappa shape index (κ2) is 3.63. The molecule has 3 rings (SSSR count). The molecule has 18 heavy (non-hydrogen) atoms. The number of fused-ring (bicyclic) bond motifs is 1. The molecule has 2 heterocycles. The first-order valence-electron chi connectivity index (χ1n) is 6.23. The van der Waals surface area contributed by atoms with Crippen molar-refractivity contribution in [1.82, 2.24) is 20.1 Å². The molecule has 2 fully saturated rings. The lowest BCUT2D eigenvalue weighted by Crippen LogP contribution is -2.37. The SMILES string of the molecule is CC1(C)C2C(=O)N(CCCc3ncn[nH]3)C(=O)C21. The molecule has 2 atom stereocenters. The van der Waals surface area contributed by atoms with Crippen molar-refractivity contribution in [3.8, 4) is 0 Å². The van der Waals surface area contributed by atoms with E-state index in [0.717, 1.165) is 12.2 Å². The summed E-state index contributed by atoms with van der Waals surface area (Å²) in [5.74, 6) is 0.658. The molecule has 2 aliphatic rings. The van der Waals surface area contributed by atoms with Crippen molar-refractivity contribution in [2.75, 3.05) is 6.54 Å². The Hall–Kier alpha value is -1.72. The zero-order chi connectivity index (χ0) is 12.9. The summed E-state index contributed by atoms with van der Waals surface area (Å²) in [6, 6.07) is 0. The molecular formula is C12H16N4O2. The van der Waals surface area contributed by atoms with Crippen LogP contribution in [-0.4, -0.2) is 38.4 Å². The number of carbonyl (C=O) groups is 2. The van der Waals surface area contributed by atoms with Gasteiger partial charge in [-0.1, -0.05) is 13.8 Å². The summed E-state index contributed by atoms with van der Waals surface area (Å²) in [6.07, 6.45) is 2.89. The van der Waals surface area contributed by atoms with Crippen molar-refractivity contribution in [1.29, 1.82) is 0 Å². The number of imide groups is 1. The van der Waals surface area contributed by atoms with E-state index in [-0.39, 0.29) is 29.1 Å². The fourth-order valence-corrected chi connectivity index (χ4v) is 2.98. The average molecular weight is 248 g/mol. The number of carbonyl (C=O) groups excluding carboxylic acids is 2. The summed E-state index contributed by atoms with van der Waals surface area (Å²) in [5, 5.41) is 6.52. The van der Waals surface area contributed by atoms with E-state index in [2.05, 4.69) is 15.2 Å². The molecule has 6 heteroatoms. The molecule has 1 aliphatic carbocycles. The Morgan fingerprint density at radius 3 is 2.56 bits per heavy atom. The molecule has 1 aromatic heterocycles. The van der Waals surface area contributed by atoms with Crippen LogP contribution in [0.5, 0.6) is 0 Å². The fourth-order valence-electron chi connectivity index (χ4n) is 2.98. The number of nitrogens with zero attached hydrogens (tertiary/aromatic N) is 3. The smallest absolute Gasteiger partial charge is 0.233 e. The van der Waals surface area contributed by atoms with Gasteiger partial charge < -0.3 is 0 Å². The van der Waals surface area contributed by atoms with Gasteiger partial charge in [0.1, 0.15) is 12.2 Å². The highest BCUT2D eigenvalue weighted by atomic mass is 16.2. The first-order chi connectivity index (χ1) is 8.53. The third-order valence-corrected chi connectivity index (χ3v) is 4.15. The number of H-pyrrole nitrogens is 1. The third-order valence-electron chi connectivity index (χ3n) is 4.15. The molecule has 1 saturated carbocycles. The summed E-state index contributed by atoms with van der Waals surface area (Å²) >= 11 is 0. The number of nitrogens with one attached hydrogen (secondary N) is 1. The van der Waals surface area contributed by atoms with Gasteiger partial charge in [0, 0.05) is 13.0 Å². The van der Waals surface area contributed by atoms with E-state index in [1.165, 1.54) is 11.2 Å². The van der Waals surface area contributed by atoms with Crippen LogP contribution in [-0.2, 0) is 16.0 Å². The van der Waals surface area contributed by atoms with Gasteiger partial charge in [-0.15, -0.1) is 0 Å². The van der Waals surface area contributed by atoms with Crippen molar-refractivity contribution >= 4 is 11.8 Å². The minimum Gasteiger partial charge on any atom is -0.282 e. The number of aromatic amines is 1. The number of aromatic nitrogens is 3. The molecule has 6 nitrogen and oxygen atoms in total.